The summed E-state index contributed by atoms with van der Waals surface area (Å²) in [6.45, 7) is 6.56. The number of hydrogen-bond acceptors (Lipinski definition) is 2. The third-order valence-electron chi connectivity index (χ3n) is 0.883. The number of hydrogen-bond donors (Lipinski definition) is 0. The monoisotopic (exact) mass is 153 g/mol. The van der Waals surface area contributed by atoms with Gasteiger partial charge in [0, 0.05) is 0 Å². The highest BCUT2D eigenvalue weighted by Gasteiger charge is 2.00. The van der Waals surface area contributed by atoms with Gasteiger partial charge in [0.1, 0.15) is 5.70 Å². The maximum absolute atomic E-state index is 12.6. The minimum atomic E-state index is -0.713. The Morgan fingerprint density at radius 1 is 1.27 bits per heavy atom. The minimum absolute atomic E-state index is 0.278. The first-order valence-electron chi connectivity index (χ1n) is 2.91. The van der Waals surface area contributed by atoms with E-state index in [4.69, 9.17) is 0 Å². The van der Waals surface area contributed by atoms with Crippen molar-refractivity contribution in [1.82, 2.24) is 0 Å². The topological polar surface area (TPSA) is 29.4 Å². The molecular formula is C8H8FNO. The molecule has 58 valence electrons. The van der Waals surface area contributed by atoms with Gasteiger partial charge in [0.15, 0.2) is 5.83 Å². The highest BCUT2D eigenvalue weighted by atomic mass is 19.1. The summed E-state index contributed by atoms with van der Waals surface area (Å²) in [7, 11) is 0. The molecule has 0 aliphatic heterocycles. The van der Waals surface area contributed by atoms with E-state index in [0.29, 0.717) is 0 Å². The standard InChI is InChI=1S/C8H8FNO/c1-3-5-7(9)8(10-11)6-4-2/h3-6H,1-2H2/b7-5+,8-6+. The van der Waals surface area contributed by atoms with Crippen LogP contribution in [0, 0.1) is 4.91 Å². The van der Waals surface area contributed by atoms with Crippen molar-refractivity contribution in [3.05, 3.63) is 53.9 Å². The number of halogens is 1. The van der Waals surface area contributed by atoms with E-state index in [1.54, 1.807) is 0 Å². The number of nitroso groups, excluding NO2 is 1. The molecule has 0 aromatic carbocycles. The zero-order valence-corrected chi connectivity index (χ0v) is 5.96. The lowest BCUT2D eigenvalue weighted by Gasteiger charge is -1.88. The first-order valence-corrected chi connectivity index (χ1v) is 2.91. The Morgan fingerprint density at radius 3 is 2.18 bits per heavy atom. The zero-order valence-electron chi connectivity index (χ0n) is 5.96. The molecule has 2 nitrogen and oxygen atoms in total. The molecule has 0 fully saturated rings. The highest BCUT2D eigenvalue weighted by molar-refractivity contribution is 5.29. The molecule has 0 aromatic heterocycles. The molecule has 0 aliphatic rings. The molecule has 0 aromatic rings. The summed E-state index contributed by atoms with van der Waals surface area (Å²) < 4.78 is 12.6. The second-order valence-corrected chi connectivity index (χ2v) is 1.63. The summed E-state index contributed by atoms with van der Waals surface area (Å²) in [4.78, 5) is 9.93. The summed E-state index contributed by atoms with van der Waals surface area (Å²) in [5.74, 6) is -0.713. The largest absolute Gasteiger partial charge is 0.204 e. The third-order valence-corrected chi connectivity index (χ3v) is 0.883. The van der Waals surface area contributed by atoms with Crippen molar-refractivity contribution in [1.29, 1.82) is 0 Å². The van der Waals surface area contributed by atoms with E-state index in [1.165, 1.54) is 18.2 Å². The summed E-state index contributed by atoms with van der Waals surface area (Å²) in [5.41, 5.74) is -0.278. The minimum Gasteiger partial charge on any atom is -0.204 e. The normalized spacial score (nSPS) is 12.5. The van der Waals surface area contributed by atoms with Gasteiger partial charge in [0.2, 0.25) is 0 Å². The van der Waals surface area contributed by atoms with Gasteiger partial charge in [-0.1, -0.05) is 25.3 Å². The molecule has 0 heterocycles. The summed E-state index contributed by atoms with van der Waals surface area (Å²) in [5, 5.41) is 2.45. The van der Waals surface area contributed by atoms with E-state index in [-0.39, 0.29) is 5.70 Å². The predicted octanol–water partition coefficient (Wildman–Crippen LogP) is 2.86. The molecule has 0 aliphatic carbocycles. The van der Waals surface area contributed by atoms with Crippen molar-refractivity contribution in [2.75, 3.05) is 0 Å². The molecule has 3 heteroatoms. The van der Waals surface area contributed by atoms with Crippen LogP contribution in [0.25, 0.3) is 0 Å². The first-order chi connectivity index (χ1) is 5.26. The lowest BCUT2D eigenvalue weighted by molar-refractivity contribution is 0.648. The Kier molecular flexibility index (Phi) is 4.56. The summed E-state index contributed by atoms with van der Waals surface area (Å²) >= 11 is 0. The van der Waals surface area contributed by atoms with Gasteiger partial charge in [-0.2, -0.15) is 0 Å². The van der Waals surface area contributed by atoms with Crippen molar-refractivity contribution in [2.24, 2.45) is 5.18 Å². The SMILES string of the molecule is C=C/C=C(F)\C(=C/C=C)N=O. The second-order valence-electron chi connectivity index (χ2n) is 1.63. The maximum atomic E-state index is 12.6. The Hall–Kier alpha value is -1.51. The van der Waals surface area contributed by atoms with Gasteiger partial charge in [-0.3, -0.25) is 0 Å². The van der Waals surface area contributed by atoms with Gasteiger partial charge in [-0.05, 0) is 17.3 Å². The molecule has 0 amide bonds. The van der Waals surface area contributed by atoms with Crippen molar-refractivity contribution in [2.45, 2.75) is 0 Å². The highest BCUT2D eigenvalue weighted by Crippen LogP contribution is 2.12. The summed E-state index contributed by atoms with van der Waals surface area (Å²) in [6, 6.07) is 0. The fourth-order valence-corrected chi connectivity index (χ4v) is 0.454. The lowest BCUT2D eigenvalue weighted by atomic mass is 10.3. The first kappa shape index (κ1) is 9.49. The van der Waals surface area contributed by atoms with Crippen LogP contribution in [-0.4, -0.2) is 0 Å². The smallest absolute Gasteiger partial charge is 0.152 e. The average molecular weight is 153 g/mol. The van der Waals surface area contributed by atoms with Crippen LogP contribution in [0.1, 0.15) is 0 Å². The van der Waals surface area contributed by atoms with E-state index >= 15 is 0 Å². The molecule has 0 atom stereocenters. The van der Waals surface area contributed by atoms with Crippen LogP contribution < -0.4 is 0 Å². The Balaban J connectivity index is 4.63. The van der Waals surface area contributed by atoms with Crippen molar-refractivity contribution < 1.29 is 4.39 Å². The third kappa shape index (κ3) is 3.25. The second kappa shape index (κ2) is 5.29. The molecule has 0 saturated heterocycles. The molecule has 11 heavy (non-hydrogen) atoms. The van der Waals surface area contributed by atoms with Gasteiger partial charge >= 0.3 is 0 Å². The molecule has 0 rings (SSSR count). The van der Waals surface area contributed by atoms with Crippen LogP contribution in [0.4, 0.5) is 4.39 Å². The van der Waals surface area contributed by atoms with Crippen LogP contribution in [-0.2, 0) is 0 Å². The van der Waals surface area contributed by atoms with Crippen LogP contribution in [0.2, 0.25) is 0 Å². The fourth-order valence-electron chi connectivity index (χ4n) is 0.454. The van der Waals surface area contributed by atoms with Gasteiger partial charge in [0.05, 0.1) is 0 Å². The Morgan fingerprint density at radius 2 is 1.82 bits per heavy atom. The van der Waals surface area contributed by atoms with Gasteiger partial charge in [-0.25, -0.2) is 4.39 Å². The average Bonchev–Trinajstić information content (AvgIpc) is 2.00. The molecule has 0 N–H and O–H groups in total. The zero-order chi connectivity index (χ0) is 8.69. The van der Waals surface area contributed by atoms with Crippen LogP contribution in [0.15, 0.2) is 54.2 Å². The van der Waals surface area contributed by atoms with E-state index < -0.39 is 5.83 Å². The van der Waals surface area contributed by atoms with Crippen molar-refractivity contribution in [3.8, 4) is 0 Å². The Bertz CT molecular complexity index is 228. The van der Waals surface area contributed by atoms with E-state index in [2.05, 4.69) is 18.3 Å². The van der Waals surface area contributed by atoms with Gasteiger partial charge in [0.25, 0.3) is 0 Å². The van der Waals surface area contributed by atoms with E-state index in [0.717, 1.165) is 6.08 Å². The molecular weight excluding hydrogens is 145 g/mol. The predicted molar refractivity (Wildman–Crippen MR) is 43.5 cm³/mol. The Labute approximate surface area is 64.4 Å². The van der Waals surface area contributed by atoms with E-state index in [9.17, 15) is 9.30 Å². The van der Waals surface area contributed by atoms with Gasteiger partial charge in [-0.15, -0.1) is 4.91 Å². The number of allylic oxidation sites excluding steroid dienone is 5. The molecule has 0 spiro atoms. The van der Waals surface area contributed by atoms with Crippen molar-refractivity contribution in [3.63, 3.8) is 0 Å². The van der Waals surface area contributed by atoms with Crippen LogP contribution in [0.3, 0.4) is 0 Å². The molecule has 0 bridgehead atoms. The summed E-state index contributed by atoms with van der Waals surface area (Å²) in [6.07, 6.45) is 4.75. The number of nitrogens with zero attached hydrogens (tertiary/aromatic N) is 1. The molecule has 0 radical (unpaired) electrons. The maximum Gasteiger partial charge on any atom is 0.152 e. The van der Waals surface area contributed by atoms with E-state index in [1.807, 2.05) is 0 Å². The lowest BCUT2D eigenvalue weighted by Crippen LogP contribution is -1.76. The fraction of sp³-hybridized carbons (Fsp3) is 0. The van der Waals surface area contributed by atoms with Crippen molar-refractivity contribution >= 4 is 0 Å². The molecule has 0 saturated carbocycles. The molecule has 0 unspecified atom stereocenters. The van der Waals surface area contributed by atoms with Crippen LogP contribution in [0.5, 0.6) is 0 Å². The van der Waals surface area contributed by atoms with Crippen LogP contribution >= 0.6 is 0 Å². The van der Waals surface area contributed by atoms with Gasteiger partial charge < -0.3 is 0 Å². The number of rotatable bonds is 4. The quantitative estimate of drug-likeness (QED) is 0.451.